The molecule has 1 aromatic heterocycles. The molecule has 1 saturated heterocycles. The van der Waals surface area contributed by atoms with E-state index in [1.54, 1.807) is 18.2 Å². The van der Waals surface area contributed by atoms with Gasteiger partial charge in [-0.3, -0.25) is 18.9 Å². The summed E-state index contributed by atoms with van der Waals surface area (Å²) in [5.41, 5.74) is 0.885. The summed E-state index contributed by atoms with van der Waals surface area (Å²) < 4.78 is 59.8. The zero-order chi connectivity index (χ0) is 42.6. The van der Waals surface area contributed by atoms with Gasteiger partial charge in [0, 0.05) is 55.0 Å². The number of aromatic nitrogens is 1. The predicted octanol–water partition coefficient (Wildman–Crippen LogP) is 10.3. The topological polar surface area (TPSA) is 136 Å². The molecule has 0 saturated carbocycles. The van der Waals surface area contributed by atoms with Crippen molar-refractivity contribution >= 4 is 47.7 Å². The van der Waals surface area contributed by atoms with Crippen molar-refractivity contribution in [3.8, 4) is 5.75 Å². The van der Waals surface area contributed by atoms with E-state index in [1.807, 2.05) is 0 Å². The van der Waals surface area contributed by atoms with E-state index in [0.29, 0.717) is 36.1 Å². The molecule has 2 heterocycles. The second kappa shape index (κ2) is 25.4. The number of nitrogens with one attached hydrogen (secondary N) is 1. The molecule has 2 aromatic carbocycles. The van der Waals surface area contributed by atoms with E-state index >= 15 is 0 Å². The van der Waals surface area contributed by atoms with E-state index in [2.05, 4.69) is 12.2 Å². The largest absolute Gasteiger partial charge is 0.481 e. The van der Waals surface area contributed by atoms with E-state index in [0.717, 1.165) is 17.7 Å². The summed E-state index contributed by atoms with van der Waals surface area (Å²) in [6.07, 6.45) is 17.8. The van der Waals surface area contributed by atoms with Gasteiger partial charge in [0.25, 0.3) is 0 Å². The molecule has 328 valence electrons. The molecule has 3 unspecified atom stereocenters. The maximum Gasteiger partial charge on any atom is 0.365 e. The molecule has 0 spiro atoms. The molecule has 1 aliphatic heterocycles. The van der Waals surface area contributed by atoms with Gasteiger partial charge in [0.1, 0.15) is 30.3 Å². The first-order chi connectivity index (χ1) is 28.4. The third-order valence-electron chi connectivity index (χ3n) is 10.7. The second-order valence-corrected chi connectivity index (χ2v) is 17.7. The van der Waals surface area contributed by atoms with Gasteiger partial charge in [-0.1, -0.05) is 114 Å². The highest BCUT2D eigenvalue weighted by atomic mass is 35.5. The first kappa shape index (κ1) is 48.3. The first-order valence-electron chi connectivity index (χ1n) is 21.3. The third-order valence-corrected chi connectivity index (χ3v) is 12.0. The molecule has 1 aliphatic rings. The van der Waals surface area contributed by atoms with E-state index in [1.165, 1.54) is 113 Å². The number of benzene rings is 2. The van der Waals surface area contributed by atoms with Gasteiger partial charge in [-0.15, -0.1) is 0 Å². The lowest BCUT2D eigenvalue weighted by Crippen LogP contribution is -2.46. The fraction of sp³-hybridized carbons (Fsp3) is 0.614. The Morgan fingerprint density at radius 3 is 2.22 bits per heavy atom. The number of hydrogen-bond donors (Lipinski definition) is 2. The highest BCUT2D eigenvalue weighted by Gasteiger charge is 2.40. The van der Waals surface area contributed by atoms with Crippen LogP contribution in [0.2, 0.25) is 5.02 Å². The van der Waals surface area contributed by atoms with Crippen LogP contribution in [0.25, 0.3) is 10.9 Å². The monoisotopic (exact) mass is 865 g/mol. The minimum Gasteiger partial charge on any atom is -0.481 e. The highest BCUT2D eigenvalue weighted by Crippen LogP contribution is 2.42. The van der Waals surface area contributed by atoms with Crippen LogP contribution in [0.15, 0.2) is 42.6 Å². The summed E-state index contributed by atoms with van der Waals surface area (Å²) in [7, 11) is -4.12. The van der Waals surface area contributed by atoms with Gasteiger partial charge in [0.2, 0.25) is 11.8 Å². The van der Waals surface area contributed by atoms with Gasteiger partial charge in [-0.25, -0.2) is 8.78 Å². The number of amides is 2. The van der Waals surface area contributed by atoms with Crippen LogP contribution in [0.3, 0.4) is 0 Å². The lowest BCUT2D eigenvalue weighted by atomic mass is 10.0. The molecule has 3 aromatic rings. The van der Waals surface area contributed by atoms with Crippen LogP contribution in [-0.2, 0) is 36.5 Å². The number of fused-ring (bicyclic) bond motifs is 1. The smallest absolute Gasteiger partial charge is 0.365 e. The number of hydrogen-bond acceptors (Lipinski definition) is 7. The highest BCUT2D eigenvalue weighted by molar-refractivity contribution is 7.52. The summed E-state index contributed by atoms with van der Waals surface area (Å²) in [6.45, 7) is 3.87. The molecule has 1 fully saturated rings. The molecular formula is C44H63ClF2N3O8P. The Hall–Kier alpha value is -3.35. The molecule has 11 nitrogen and oxygen atoms in total. The van der Waals surface area contributed by atoms with Gasteiger partial charge < -0.3 is 33.7 Å². The second-order valence-electron chi connectivity index (χ2n) is 15.5. The quantitative estimate of drug-likeness (QED) is 0.0400. The summed E-state index contributed by atoms with van der Waals surface area (Å²) in [5.74, 6) is -1.96. The van der Waals surface area contributed by atoms with E-state index in [9.17, 15) is 32.6 Å². The van der Waals surface area contributed by atoms with Crippen molar-refractivity contribution in [2.45, 2.75) is 142 Å². The van der Waals surface area contributed by atoms with Crippen LogP contribution in [0.4, 0.5) is 8.78 Å². The van der Waals surface area contributed by atoms with Gasteiger partial charge >= 0.3 is 7.60 Å². The van der Waals surface area contributed by atoms with E-state index in [4.69, 9.17) is 25.6 Å². The van der Waals surface area contributed by atoms with Gasteiger partial charge in [0.05, 0.1) is 23.7 Å². The zero-order valence-corrected chi connectivity index (χ0v) is 36.4. The fourth-order valence-electron chi connectivity index (χ4n) is 7.37. The summed E-state index contributed by atoms with van der Waals surface area (Å²) in [6, 6.07) is 7.94. The molecule has 0 radical (unpaired) electrons. The lowest BCUT2D eigenvalue weighted by molar-refractivity contribution is -0.139. The molecular weight excluding hydrogens is 803 g/mol. The molecule has 3 atom stereocenters. The zero-order valence-electron chi connectivity index (χ0n) is 34.7. The number of unbranched alkanes of at least 4 members (excludes halogenated alkanes) is 13. The van der Waals surface area contributed by atoms with Crippen molar-refractivity contribution in [1.29, 1.82) is 0 Å². The Morgan fingerprint density at radius 2 is 1.56 bits per heavy atom. The van der Waals surface area contributed by atoms with Crippen LogP contribution in [0, 0.1) is 5.82 Å². The summed E-state index contributed by atoms with van der Waals surface area (Å²) in [5, 5.41) is 2.99. The van der Waals surface area contributed by atoms with Crippen LogP contribution < -0.4 is 10.1 Å². The third kappa shape index (κ3) is 16.2. The van der Waals surface area contributed by atoms with Gasteiger partial charge in [0.15, 0.2) is 12.1 Å². The number of ether oxygens (including phenoxy) is 2. The average molecular weight is 866 g/mol. The van der Waals surface area contributed by atoms with Crippen molar-refractivity contribution < 1.29 is 46.6 Å². The maximum absolute atomic E-state index is 14.6. The fourth-order valence-corrected chi connectivity index (χ4v) is 8.36. The Kier molecular flexibility index (Phi) is 20.8. The van der Waals surface area contributed by atoms with Crippen molar-refractivity contribution in [2.24, 2.45) is 0 Å². The maximum atomic E-state index is 14.6. The summed E-state index contributed by atoms with van der Waals surface area (Å²) in [4.78, 5) is 50.7. The Bertz CT molecular complexity index is 1840. The minimum atomic E-state index is -4.12. The average Bonchev–Trinajstić information content (AvgIpc) is 3.78. The molecule has 2 N–H and O–H groups in total. The number of nitrogens with zero attached hydrogens (tertiary/aromatic N) is 2. The van der Waals surface area contributed by atoms with Crippen LogP contribution in [0.1, 0.15) is 133 Å². The number of carbonyl (C=O) groups excluding carboxylic acids is 3. The molecule has 0 bridgehead atoms. The van der Waals surface area contributed by atoms with E-state index < -0.39 is 43.8 Å². The Labute approximate surface area is 353 Å². The van der Waals surface area contributed by atoms with Crippen molar-refractivity contribution in [3.63, 3.8) is 0 Å². The minimum absolute atomic E-state index is 0.0224. The van der Waals surface area contributed by atoms with Crippen molar-refractivity contribution in [3.05, 3.63) is 64.6 Å². The standard InChI is InChI=1S/C44H63ClF2N3O8P/c1-3-4-5-6-7-8-9-10-11-12-13-14-15-16-23-56-24-18-25-58-59(54,55)32-57-36-21-22-37-38(33(2)51)30-49(40(37)27-36)31-42(52)50-29-35(46)26-41(50)44(53)48-28-34-19-17-20-39(45)43(34)47/h17,19-22,27,30,35,41H,3-16,18,23-26,28-29,31-32H2,1-2H3,(H,48,53)(H,54,55). The van der Waals surface area contributed by atoms with Crippen LogP contribution in [0.5, 0.6) is 5.75 Å². The number of ketones is 1. The Morgan fingerprint density at radius 1 is 0.915 bits per heavy atom. The number of likely N-dealkylation sites (tertiary alicyclic amines) is 1. The molecule has 0 aliphatic carbocycles. The predicted molar refractivity (Wildman–Crippen MR) is 227 cm³/mol. The van der Waals surface area contributed by atoms with Crippen molar-refractivity contribution in [2.75, 3.05) is 32.7 Å². The van der Waals surface area contributed by atoms with Crippen molar-refractivity contribution in [1.82, 2.24) is 14.8 Å². The lowest BCUT2D eigenvalue weighted by Gasteiger charge is -2.24. The number of halogens is 3. The molecule has 4 rings (SSSR count). The molecule has 2 amide bonds. The molecule has 59 heavy (non-hydrogen) atoms. The molecule has 15 heteroatoms. The van der Waals surface area contributed by atoms with E-state index in [-0.39, 0.29) is 54.8 Å². The number of carbonyl (C=O) groups is 3. The van der Waals surface area contributed by atoms with Gasteiger partial charge in [-0.05, 0) is 38.0 Å². The van der Waals surface area contributed by atoms with Crippen LogP contribution in [-0.4, -0.2) is 76.9 Å². The number of alkyl halides is 1. The number of Topliss-reactive ketones (excluding diaryl/α,β-unsaturated/α-hetero) is 1. The normalized spacial score (nSPS) is 16.4. The van der Waals surface area contributed by atoms with Gasteiger partial charge in [-0.2, -0.15) is 0 Å². The SMILES string of the molecule is CCCCCCCCCCCCCCCCOCCCOP(=O)(O)COc1ccc2c(C(C)=O)cn(CC(=O)N3CC(F)CC3C(=O)NCc3cccc(Cl)c3F)c2c1. The first-order valence-corrected chi connectivity index (χ1v) is 23.5. The summed E-state index contributed by atoms with van der Waals surface area (Å²) >= 11 is 5.84. The Balaban J connectivity index is 1.17. The van der Waals surface area contributed by atoms with Crippen LogP contribution >= 0.6 is 19.2 Å². The number of rotatable bonds is 29.